The molecule has 0 aromatic heterocycles. The molecule has 0 saturated heterocycles. The minimum absolute atomic E-state index is 0.459. The van der Waals surface area contributed by atoms with Crippen LogP contribution in [-0.4, -0.2) is 5.11 Å². The molecule has 2 aromatic rings. The molecule has 0 amide bonds. The minimum Gasteiger partial charge on any atom is -0.508 e. The van der Waals surface area contributed by atoms with Crippen molar-refractivity contribution >= 4 is 0 Å². The van der Waals surface area contributed by atoms with E-state index in [2.05, 4.69) is 64.1 Å². The molecule has 0 aliphatic rings. The monoisotopic (exact) mass is 296 g/mol. The Morgan fingerprint density at radius 2 is 1.36 bits per heavy atom. The van der Waals surface area contributed by atoms with Gasteiger partial charge < -0.3 is 5.11 Å². The van der Waals surface area contributed by atoms with Gasteiger partial charge in [-0.25, -0.2) is 0 Å². The van der Waals surface area contributed by atoms with Crippen LogP contribution in [-0.2, 0) is 19.3 Å². The van der Waals surface area contributed by atoms with Crippen LogP contribution < -0.4 is 0 Å². The van der Waals surface area contributed by atoms with Crippen molar-refractivity contribution in [3.05, 3.63) is 64.7 Å². The lowest BCUT2D eigenvalue weighted by atomic mass is 9.90. The van der Waals surface area contributed by atoms with Gasteiger partial charge in [0.1, 0.15) is 5.75 Å². The Balaban J connectivity index is 2.37. The predicted molar refractivity (Wildman–Crippen MR) is 94.4 cm³/mol. The van der Waals surface area contributed by atoms with E-state index >= 15 is 0 Å². The van der Waals surface area contributed by atoms with Crippen LogP contribution in [0.1, 0.15) is 49.9 Å². The van der Waals surface area contributed by atoms with Crippen molar-refractivity contribution in [3.63, 3.8) is 0 Å². The van der Waals surface area contributed by atoms with Crippen molar-refractivity contribution in [1.82, 2.24) is 0 Å². The number of aromatic hydroxyl groups is 1. The smallest absolute Gasteiger partial charge is 0.119 e. The third-order valence-electron chi connectivity index (χ3n) is 3.89. The van der Waals surface area contributed by atoms with Gasteiger partial charge in [-0.2, -0.15) is 0 Å². The van der Waals surface area contributed by atoms with Gasteiger partial charge in [0.25, 0.3) is 0 Å². The normalized spacial score (nSPS) is 11.4. The summed E-state index contributed by atoms with van der Waals surface area (Å²) in [5, 5.41) is 10.3. The Labute approximate surface area is 135 Å². The van der Waals surface area contributed by atoms with Crippen LogP contribution >= 0.6 is 0 Å². The fraction of sp³-hybridized carbons (Fsp3) is 0.429. The van der Waals surface area contributed by atoms with E-state index < -0.39 is 0 Å². The molecule has 0 saturated carbocycles. The molecule has 0 radical (unpaired) electrons. The van der Waals surface area contributed by atoms with Crippen LogP contribution in [0.3, 0.4) is 0 Å². The second-order valence-corrected chi connectivity index (χ2v) is 7.11. The van der Waals surface area contributed by atoms with Crippen LogP contribution in [0.2, 0.25) is 0 Å². The number of rotatable bonds is 6. The molecular weight excluding hydrogens is 268 g/mol. The molecule has 1 N–H and O–H groups in total. The molecule has 0 spiro atoms. The Bertz CT molecular complexity index is 597. The quantitative estimate of drug-likeness (QED) is 0.758. The predicted octanol–water partition coefficient (Wildman–Crippen LogP) is 5.38. The Morgan fingerprint density at radius 1 is 0.773 bits per heavy atom. The third-order valence-corrected chi connectivity index (χ3v) is 3.89. The molecular formula is C21H28O. The highest BCUT2D eigenvalue weighted by molar-refractivity contribution is 5.44. The molecule has 118 valence electrons. The maximum Gasteiger partial charge on any atom is 0.119 e. The molecule has 0 aliphatic heterocycles. The number of hydrogen-bond donors (Lipinski definition) is 1. The SMILES string of the molecule is CC(C)Cc1cc(Cc2ccccc2)c(CC(C)C)cc1O. The summed E-state index contributed by atoms with van der Waals surface area (Å²) >= 11 is 0. The summed E-state index contributed by atoms with van der Waals surface area (Å²) in [7, 11) is 0. The van der Waals surface area contributed by atoms with Gasteiger partial charge in [-0.1, -0.05) is 64.1 Å². The molecule has 0 aliphatic carbocycles. The van der Waals surface area contributed by atoms with Crippen molar-refractivity contribution < 1.29 is 5.11 Å². The molecule has 22 heavy (non-hydrogen) atoms. The van der Waals surface area contributed by atoms with Crippen molar-refractivity contribution in [1.29, 1.82) is 0 Å². The second kappa shape index (κ2) is 7.49. The Kier molecular flexibility index (Phi) is 5.65. The highest BCUT2D eigenvalue weighted by Gasteiger charge is 2.12. The summed E-state index contributed by atoms with van der Waals surface area (Å²) < 4.78 is 0. The summed E-state index contributed by atoms with van der Waals surface area (Å²) in [4.78, 5) is 0. The maximum atomic E-state index is 10.3. The standard InChI is InChI=1S/C21H28O/c1-15(2)10-18-14-21(22)20(11-16(3)4)13-19(18)12-17-8-6-5-7-9-17/h5-9,13-16,22H,10-12H2,1-4H3. The van der Waals surface area contributed by atoms with Gasteiger partial charge in [0, 0.05) is 0 Å². The minimum atomic E-state index is 0.459. The molecule has 0 bridgehead atoms. The van der Waals surface area contributed by atoms with Crippen LogP contribution in [0, 0.1) is 11.8 Å². The van der Waals surface area contributed by atoms with Gasteiger partial charge in [0.05, 0.1) is 0 Å². The van der Waals surface area contributed by atoms with E-state index in [0.717, 1.165) is 24.8 Å². The number of hydrogen-bond acceptors (Lipinski definition) is 1. The summed E-state index contributed by atoms with van der Waals surface area (Å²) in [6.45, 7) is 8.84. The first-order valence-corrected chi connectivity index (χ1v) is 8.33. The largest absolute Gasteiger partial charge is 0.508 e. The first-order chi connectivity index (χ1) is 10.5. The van der Waals surface area contributed by atoms with E-state index in [1.807, 2.05) is 6.07 Å². The molecule has 2 aromatic carbocycles. The Morgan fingerprint density at radius 3 is 1.95 bits per heavy atom. The molecule has 1 heteroatoms. The third kappa shape index (κ3) is 4.62. The highest BCUT2D eigenvalue weighted by Crippen LogP contribution is 2.28. The first-order valence-electron chi connectivity index (χ1n) is 8.33. The summed E-state index contributed by atoms with van der Waals surface area (Å²) in [6, 6.07) is 14.8. The average molecular weight is 296 g/mol. The summed E-state index contributed by atoms with van der Waals surface area (Å²) in [5.41, 5.74) is 5.04. The zero-order valence-corrected chi connectivity index (χ0v) is 14.3. The van der Waals surface area contributed by atoms with Gasteiger partial charge in [0.2, 0.25) is 0 Å². The van der Waals surface area contributed by atoms with Crippen molar-refractivity contribution in [3.8, 4) is 5.75 Å². The molecule has 0 unspecified atom stereocenters. The van der Waals surface area contributed by atoms with Crippen LogP contribution in [0.25, 0.3) is 0 Å². The van der Waals surface area contributed by atoms with Crippen LogP contribution in [0.4, 0.5) is 0 Å². The van der Waals surface area contributed by atoms with Crippen molar-refractivity contribution in [2.75, 3.05) is 0 Å². The lowest BCUT2D eigenvalue weighted by Crippen LogP contribution is -2.04. The average Bonchev–Trinajstić information content (AvgIpc) is 2.44. The van der Waals surface area contributed by atoms with Gasteiger partial charge in [-0.15, -0.1) is 0 Å². The summed E-state index contributed by atoms with van der Waals surface area (Å²) in [6.07, 6.45) is 2.88. The van der Waals surface area contributed by atoms with Crippen molar-refractivity contribution in [2.24, 2.45) is 11.8 Å². The highest BCUT2D eigenvalue weighted by atomic mass is 16.3. The molecule has 0 fully saturated rings. The van der Waals surface area contributed by atoms with Crippen LogP contribution in [0.5, 0.6) is 5.75 Å². The number of phenols is 1. The van der Waals surface area contributed by atoms with E-state index in [4.69, 9.17) is 0 Å². The fourth-order valence-corrected chi connectivity index (χ4v) is 2.94. The van der Waals surface area contributed by atoms with E-state index in [1.54, 1.807) is 0 Å². The van der Waals surface area contributed by atoms with Gasteiger partial charge in [-0.05, 0) is 59.4 Å². The molecule has 0 atom stereocenters. The summed E-state index contributed by atoms with van der Waals surface area (Å²) in [5.74, 6) is 1.59. The van der Waals surface area contributed by atoms with E-state index in [0.29, 0.717) is 17.6 Å². The van der Waals surface area contributed by atoms with Gasteiger partial charge in [0.15, 0.2) is 0 Å². The Hall–Kier alpha value is -1.76. The molecule has 1 nitrogen and oxygen atoms in total. The second-order valence-electron chi connectivity index (χ2n) is 7.11. The van der Waals surface area contributed by atoms with E-state index in [9.17, 15) is 5.11 Å². The van der Waals surface area contributed by atoms with Gasteiger partial charge >= 0.3 is 0 Å². The number of phenolic OH excluding ortho intramolecular Hbond substituents is 1. The van der Waals surface area contributed by atoms with Crippen LogP contribution in [0.15, 0.2) is 42.5 Å². The van der Waals surface area contributed by atoms with E-state index in [-0.39, 0.29) is 0 Å². The topological polar surface area (TPSA) is 20.2 Å². The lowest BCUT2D eigenvalue weighted by Gasteiger charge is -2.16. The zero-order valence-electron chi connectivity index (χ0n) is 14.3. The number of benzene rings is 2. The van der Waals surface area contributed by atoms with E-state index in [1.165, 1.54) is 16.7 Å². The van der Waals surface area contributed by atoms with Crippen molar-refractivity contribution in [2.45, 2.75) is 47.0 Å². The maximum absolute atomic E-state index is 10.3. The first kappa shape index (κ1) is 16.6. The molecule has 0 heterocycles. The lowest BCUT2D eigenvalue weighted by molar-refractivity contribution is 0.460. The molecule has 2 rings (SSSR count). The zero-order chi connectivity index (χ0) is 16.1. The fourth-order valence-electron chi connectivity index (χ4n) is 2.94. The van der Waals surface area contributed by atoms with Gasteiger partial charge in [-0.3, -0.25) is 0 Å².